The largest absolute Gasteiger partial charge is 0.336 e. The summed E-state index contributed by atoms with van der Waals surface area (Å²) in [6, 6.07) is 4.94. The van der Waals surface area contributed by atoms with Gasteiger partial charge in [-0.3, -0.25) is 9.78 Å². The molecule has 0 aromatic carbocycles. The highest BCUT2D eigenvalue weighted by atomic mass is 16.1. The number of nitrogens with one attached hydrogen (secondary N) is 1. The first-order valence-electron chi connectivity index (χ1n) is 4.75. The molecule has 0 saturated carbocycles. The Labute approximate surface area is 88.9 Å². The van der Waals surface area contributed by atoms with Gasteiger partial charge in [-0.25, -0.2) is 0 Å². The fourth-order valence-corrected chi connectivity index (χ4v) is 1.07. The van der Waals surface area contributed by atoms with Crippen LogP contribution in [0.25, 0.3) is 0 Å². The average molecular weight is 203 g/mol. The van der Waals surface area contributed by atoms with Crippen LogP contribution in [-0.2, 0) is 0 Å². The van der Waals surface area contributed by atoms with Gasteiger partial charge in [-0.05, 0) is 18.1 Å². The third-order valence-corrected chi connectivity index (χ3v) is 2.02. The number of nitrogens with zero attached hydrogens (tertiary/aromatic N) is 2. The number of carbonyl (C=O) groups is 1. The monoisotopic (exact) mass is 203 g/mol. The molecule has 1 aromatic heterocycles. The van der Waals surface area contributed by atoms with Crippen LogP contribution in [-0.4, -0.2) is 16.9 Å². The Kier molecular flexibility index (Phi) is 3.81. The van der Waals surface area contributed by atoms with Crippen molar-refractivity contribution in [1.82, 2.24) is 10.3 Å². The van der Waals surface area contributed by atoms with E-state index in [0.717, 1.165) is 0 Å². The minimum atomic E-state index is -0.460. The van der Waals surface area contributed by atoms with E-state index in [1.54, 1.807) is 18.3 Å². The van der Waals surface area contributed by atoms with E-state index in [2.05, 4.69) is 10.3 Å². The van der Waals surface area contributed by atoms with Gasteiger partial charge in [0.2, 0.25) is 0 Å². The maximum Gasteiger partial charge on any atom is 0.253 e. The van der Waals surface area contributed by atoms with Crippen LogP contribution in [0.2, 0.25) is 0 Å². The van der Waals surface area contributed by atoms with Crippen LogP contribution >= 0.6 is 0 Å². The van der Waals surface area contributed by atoms with Crippen LogP contribution in [0, 0.1) is 17.2 Å². The van der Waals surface area contributed by atoms with E-state index in [9.17, 15) is 4.79 Å². The lowest BCUT2D eigenvalue weighted by atomic mass is 10.1. The molecule has 0 saturated heterocycles. The number of nitriles is 1. The van der Waals surface area contributed by atoms with Gasteiger partial charge >= 0.3 is 0 Å². The van der Waals surface area contributed by atoms with Crippen molar-refractivity contribution in [1.29, 1.82) is 5.26 Å². The van der Waals surface area contributed by atoms with Crippen molar-refractivity contribution >= 4 is 5.91 Å². The van der Waals surface area contributed by atoms with Crippen molar-refractivity contribution in [2.45, 2.75) is 19.9 Å². The fraction of sp³-hybridized carbons (Fsp3) is 0.364. The molecule has 1 aromatic rings. The Balaban J connectivity index is 2.68. The third kappa shape index (κ3) is 3.06. The summed E-state index contributed by atoms with van der Waals surface area (Å²) in [7, 11) is 0. The Morgan fingerprint density at radius 2 is 2.33 bits per heavy atom. The van der Waals surface area contributed by atoms with Crippen molar-refractivity contribution in [3.8, 4) is 6.07 Å². The van der Waals surface area contributed by atoms with Crippen molar-refractivity contribution in [2.24, 2.45) is 5.92 Å². The molecule has 0 aliphatic heterocycles. The van der Waals surface area contributed by atoms with Gasteiger partial charge in [0.05, 0.1) is 11.6 Å². The van der Waals surface area contributed by atoms with Gasteiger partial charge < -0.3 is 5.32 Å². The minimum Gasteiger partial charge on any atom is -0.336 e. The zero-order valence-corrected chi connectivity index (χ0v) is 8.77. The van der Waals surface area contributed by atoms with Gasteiger partial charge in [0.25, 0.3) is 5.91 Å². The van der Waals surface area contributed by atoms with E-state index in [0.29, 0.717) is 5.56 Å². The molecular weight excluding hydrogens is 190 g/mol. The third-order valence-electron chi connectivity index (χ3n) is 2.02. The van der Waals surface area contributed by atoms with E-state index in [-0.39, 0.29) is 11.8 Å². The molecule has 0 bridgehead atoms. The van der Waals surface area contributed by atoms with Crippen molar-refractivity contribution in [3.05, 3.63) is 30.1 Å². The zero-order chi connectivity index (χ0) is 11.3. The van der Waals surface area contributed by atoms with Gasteiger partial charge in [0.15, 0.2) is 0 Å². The number of rotatable bonds is 3. The first kappa shape index (κ1) is 11.2. The second kappa shape index (κ2) is 5.11. The number of hydrogen-bond donors (Lipinski definition) is 1. The molecule has 1 heterocycles. The molecule has 0 spiro atoms. The molecule has 1 N–H and O–H groups in total. The molecular formula is C11H13N3O. The molecule has 4 nitrogen and oxygen atoms in total. The molecule has 4 heteroatoms. The molecule has 1 rings (SSSR count). The Bertz CT molecular complexity index is 367. The number of carbonyl (C=O) groups excluding carboxylic acids is 1. The lowest BCUT2D eigenvalue weighted by Crippen LogP contribution is -2.37. The fourth-order valence-electron chi connectivity index (χ4n) is 1.07. The maximum atomic E-state index is 11.6. The van der Waals surface area contributed by atoms with E-state index in [1.807, 2.05) is 19.9 Å². The van der Waals surface area contributed by atoms with Crippen molar-refractivity contribution in [2.75, 3.05) is 0 Å². The zero-order valence-electron chi connectivity index (χ0n) is 8.77. The summed E-state index contributed by atoms with van der Waals surface area (Å²) in [5.74, 6) is -0.168. The van der Waals surface area contributed by atoms with Crippen molar-refractivity contribution < 1.29 is 4.79 Å². The summed E-state index contributed by atoms with van der Waals surface area (Å²) < 4.78 is 0. The first-order chi connectivity index (χ1) is 7.15. The lowest BCUT2D eigenvalue weighted by Gasteiger charge is -2.14. The number of amides is 1. The molecule has 0 aliphatic carbocycles. The molecule has 1 amide bonds. The topological polar surface area (TPSA) is 65.8 Å². The van der Waals surface area contributed by atoms with Crippen LogP contribution in [0.5, 0.6) is 0 Å². The second-order valence-electron chi connectivity index (χ2n) is 3.57. The molecule has 0 aliphatic rings. The smallest absolute Gasteiger partial charge is 0.253 e. The summed E-state index contributed by atoms with van der Waals surface area (Å²) in [6.45, 7) is 3.77. The van der Waals surface area contributed by atoms with E-state index in [4.69, 9.17) is 5.26 Å². The van der Waals surface area contributed by atoms with Crippen LogP contribution in [0.4, 0.5) is 0 Å². The molecule has 78 valence electrons. The first-order valence-corrected chi connectivity index (χ1v) is 4.75. The Hall–Kier alpha value is -1.89. The van der Waals surface area contributed by atoms with Gasteiger partial charge in [-0.2, -0.15) is 5.26 Å². The Morgan fingerprint density at radius 3 is 2.80 bits per heavy atom. The highest BCUT2D eigenvalue weighted by Gasteiger charge is 2.15. The highest BCUT2D eigenvalue weighted by molar-refractivity contribution is 5.94. The summed E-state index contributed by atoms with van der Waals surface area (Å²) >= 11 is 0. The summed E-state index contributed by atoms with van der Waals surface area (Å²) in [4.78, 5) is 15.5. The minimum absolute atomic E-state index is 0.0932. The normalized spacial score (nSPS) is 11.9. The van der Waals surface area contributed by atoms with Gasteiger partial charge in [-0.1, -0.05) is 13.8 Å². The highest BCUT2D eigenvalue weighted by Crippen LogP contribution is 2.02. The molecule has 0 radical (unpaired) electrons. The average Bonchev–Trinajstić information content (AvgIpc) is 2.26. The van der Waals surface area contributed by atoms with Crippen LogP contribution in [0.3, 0.4) is 0 Å². The van der Waals surface area contributed by atoms with Gasteiger partial charge in [-0.15, -0.1) is 0 Å². The molecule has 1 atom stereocenters. The predicted octanol–water partition coefficient (Wildman–Crippen LogP) is 1.36. The van der Waals surface area contributed by atoms with Crippen LogP contribution in [0.1, 0.15) is 24.2 Å². The number of pyridine rings is 1. The number of aromatic nitrogens is 1. The lowest BCUT2D eigenvalue weighted by molar-refractivity contribution is 0.0937. The SMILES string of the molecule is CC(C)C(C#N)NC(=O)c1cccnc1. The summed E-state index contributed by atoms with van der Waals surface area (Å²) in [6.07, 6.45) is 3.07. The van der Waals surface area contributed by atoms with Crippen LogP contribution < -0.4 is 5.32 Å². The van der Waals surface area contributed by atoms with E-state index >= 15 is 0 Å². The summed E-state index contributed by atoms with van der Waals surface area (Å²) in [5, 5.41) is 11.5. The van der Waals surface area contributed by atoms with E-state index < -0.39 is 6.04 Å². The number of hydrogen-bond acceptors (Lipinski definition) is 3. The quantitative estimate of drug-likeness (QED) is 0.806. The Morgan fingerprint density at radius 1 is 1.60 bits per heavy atom. The summed E-state index contributed by atoms with van der Waals surface area (Å²) in [5.41, 5.74) is 0.471. The molecule has 15 heavy (non-hydrogen) atoms. The standard InChI is InChI=1S/C11H13N3O/c1-8(2)10(6-12)14-11(15)9-4-3-5-13-7-9/h3-5,7-8,10H,1-2H3,(H,14,15). The molecule has 0 fully saturated rings. The van der Waals surface area contributed by atoms with Crippen LogP contribution in [0.15, 0.2) is 24.5 Å². The second-order valence-corrected chi connectivity index (χ2v) is 3.57. The van der Waals surface area contributed by atoms with E-state index in [1.165, 1.54) is 6.20 Å². The van der Waals surface area contributed by atoms with Gasteiger partial charge in [0.1, 0.15) is 6.04 Å². The van der Waals surface area contributed by atoms with Gasteiger partial charge in [0, 0.05) is 12.4 Å². The van der Waals surface area contributed by atoms with Crippen molar-refractivity contribution in [3.63, 3.8) is 0 Å². The molecule has 1 unspecified atom stereocenters. The maximum absolute atomic E-state index is 11.6. The predicted molar refractivity (Wildman–Crippen MR) is 55.9 cm³/mol.